The Morgan fingerprint density at radius 2 is 1.54 bits per heavy atom. The van der Waals surface area contributed by atoms with Crippen molar-refractivity contribution in [1.82, 2.24) is 10.2 Å². The van der Waals surface area contributed by atoms with E-state index in [1.165, 1.54) is 66.6 Å². The first kappa shape index (κ1) is 34.9. The molecule has 1 unspecified atom stereocenters. The molecule has 0 aliphatic heterocycles. The maximum atomic E-state index is 15.1. The highest BCUT2D eigenvalue weighted by molar-refractivity contribution is 7.92. The lowest BCUT2D eigenvalue weighted by atomic mass is 9.94. The number of nitrogens with zero attached hydrogens (tertiary/aromatic N) is 2. The Balaban J connectivity index is 1.56. The van der Waals surface area contributed by atoms with Crippen LogP contribution in [0.1, 0.15) is 43.2 Å². The van der Waals surface area contributed by atoms with Crippen molar-refractivity contribution in [2.45, 2.75) is 62.0 Å². The molecule has 4 aromatic carbocycles. The lowest BCUT2D eigenvalue weighted by molar-refractivity contribution is -0.140. The number of hydrogen-bond donors (Lipinski definition) is 1. The van der Waals surface area contributed by atoms with E-state index < -0.39 is 34.3 Å². The number of halogens is 2. The van der Waals surface area contributed by atoms with Crippen molar-refractivity contribution >= 4 is 39.1 Å². The maximum Gasteiger partial charge on any atom is 0.264 e. The Morgan fingerprint density at radius 3 is 2.19 bits per heavy atom. The molecule has 1 aliphatic carbocycles. The van der Waals surface area contributed by atoms with Crippen LogP contribution < -0.4 is 14.4 Å². The monoisotopic (exact) mass is 691 g/mol. The molecule has 0 spiro atoms. The van der Waals surface area contributed by atoms with Gasteiger partial charge < -0.3 is 15.0 Å². The van der Waals surface area contributed by atoms with Crippen LogP contribution in [-0.2, 0) is 32.6 Å². The number of amides is 2. The van der Waals surface area contributed by atoms with Gasteiger partial charge in [0, 0.05) is 29.6 Å². The molecule has 252 valence electrons. The predicted molar refractivity (Wildman–Crippen MR) is 185 cm³/mol. The van der Waals surface area contributed by atoms with Gasteiger partial charge in [0.2, 0.25) is 11.8 Å². The fraction of sp³-hybridized carbons (Fsp3) is 0.297. The molecule has 2 amide bonds. The van der Waals surface area contributed by atoms with E-state index in [1.54, 1.807) is 18.2 Å². The van der Waals surface area contributed by atoms with E-state index in [-0.39, 0.29) is 41.1 Å². The fourth-order valence-corrected chi connectivity index (χ4v) is 7.46. The van der Waals surface area contributed by atoms with Gasteiger partial charge >= 0.3 is 0 Å². The Kier molecular flexibility index (Phi) is 11.7. The van der Waals surface area contributed by atoms with Crippen LogP contribution in [0.3, 0.4) is 0 Å². The summed E-state index contributed by atoms with van der Waals surface area (Å²) < 4.78 is 49.7. The first-order valence-corrected chi connectivity index (χ1v) is 17.8. The molecule has 11 heteroatoms. The van der Waals surface area contributed by atoms with E-state index in [4.69, 9.17) is 16.3 Å². The van der Waals surface area contributed by atoms with Gasteiger partial charge in [-0.15, -0.1) is 0 Å². The summed E-state index contributed by atoms with van der Waals surface area (Å²) >= 11 is 6.14. The van der Waals surface area contributed by atoms with Crippen molar-refractivity contribution in [2.24, 2.45) is 0 Å². The number of benzene rings is 4. The van der Waals surface area contributed by atoms with Crippen LogP contribution in [-0.4, -0.2) is 50.9 Å². The number of carbonyl (C=O) groups is 2. The van der Waals surface area contributed by atoms with E-state index >= 15 is 4.39 Å². The number of ether oxygens (including phenoxy) is 1. The number of methoxy groups -OCH3 is 1. The summed E-state index contributed by atoms with van der Waals surface area (Å²) in [7, 11) is -2.84. The van der Waals surface area contributed by atoms with Crippen LogP contribution in [0.15, 0.2) is 108 Å². The standard InChI is InChI=1S/C37H39ClFN3O5S/c1-47-32-20-22-33(23-21-32)48(45,46)42(31-18-16-29(38)17-19-31)26-36(43)41(25-28-12-8-9-15-34(28)39)35(24-27-10-4-2-5-11-27)37(44)40-30-13-6-3-7-14-30/h2,4-5,8-12,15-23,30,35H,3,6-7,13-14,24-26H2,1H3,(H,40,44). The molecule has 0 radical (unpaired) electrons. The molecule has 0 aromatic heterocycles. The highest BCUT2D eigenvalue weighted by atomic mass is 35.5. The number of rotatable bonds is 13. The number of nitrogens with one attached hydrogen (secondary N) is 1. The van der Waals surface area contributed by atoms with Gasteiger partial charge in [-0.2, -0.15) is 0 Å². The second-order valence-corrected chi connectivity index (χ2v) is 14.1. The smallest absolute Gasteiger partial charge is 0.264 e. The first-order valence-electron chi connectivity index (χ1n) is 16.0. The minimum absolute atomic E-state index is 0.0454. The number of carbonyl (C=O) groups excluding carboxylic acids is 2. The summed E-state index contributed by atoms with van der Waals surface area (Å²) in [6.07, 6.45) is 4.88. The lowest BCUT2D eigenvalue weighted by Gasteiger charge is -2.35. The van der Waals surface area contributed by atoms with E-state index in [1.807, 2.05) is 30.3 Å². The highest BCUT2D eigenvalue weighted by Gasteiger charge is 2.35. The third-order valence-corrected chi connectivity index (χ3v) is 10.6. The molecule has 1 aliphatic rings. The molecule has 8 nitrogen and oxygen atoms in total. The van der Waals surface area contributed by atoms with Crippen LogP contribution in [0.25, 0.3) is 0 Å². The summed E-state index contributed by atoms with van der Waals surface area (Å²) in [4.78, 5) is 30.0. The lowest BCUT2D eigenvalue weighted by Crippen LogP contribution is -2.55. The van der Waals surface area contributed by atoms with Crippen molar-refractivity contribution in [3.63, 3.8) is 0 Å². The summed E-state index contributed by atoms with van der Waals surface area (Å²) in [5.41, 5.74) is 1.19. The van der Waals surface area contributed by atoms with Crippen LogP contribution in [0.4, 0.5) is 10.1 Å². The van der Waals surface area contributed by atoms with Crippen molar-refractivity contribution in [1.29, 1.82) is 0 Å². The van der Waals surface area contributed by atoms with Gasteiger partial charge in [-0.3, -0.25) is 13.9 Å². The van der Waals surface area contributed by atoms with E-state index in [0.29, 0.717) is 10.8 Å². The van der Waals surface area contributed by atoms with Crippen LogP contribution in [0, 0.1) is 5.82 Å². The van der Waals surface area contributed by atoms with E-state index in [9.17, 15) is 18.0 Å². The zero-order valence-corrected chi connectivity index (χ0v) is 28.3. The minimum atomic E-state index is -4.32. The van der Waals surface area contributed by atoms with E-state index in [2.05, 4.69) is 5.32 Å². The molecular formula is C37H39ClFN3O5S. The molecular weight excluding hydrogens is 653 g/mol. The summed E-state index contributed by atoms with van der Waals surface area (Å²) in [5.74, 6) is -1.12. The number of sulfonamides is 1. The molecule has 4 aromatic rings. The third kappa shape index (κ3) is 8.73. The van der Waals surface area contributed by atoms with Crippen molar-refractivity contribution in [3.8, 4) is 5.75 Å². The average molecular weight is 692 g/mol. The van der Waals surface area contributed by atoms with Crippen molar-refractivity contribution < 1.29 is 27.1 Å². The Labute approximate surface area is 286 Å². The topological polar surface area (TPSA) is 96.0 Å². The number of hydrogen-bond acceptors (Lipinski definition) is 5. The summed E-state index contributed by atoms with van der Waals surface area (Å²) in [6, 6.07) is 26.1. The molecule has 48 heavy (non-hydrogen) atoms. The summed E-state index contributed by atoms with van der Waals surface area (Å²) in [5, 5.41) is 3.53. The second-order valence-electron chi connectivity index (χ2n) is 11.8. The highest BCUT2D eigenvalue weighted by Crippen LogP contribution is 2.28. The zero-order valence-electron chi connectivity index (χ0n) is 26.7. The second kappa shape index (κ2) is 16.1. The largest absolute Gasteiger partial charge is 0.497 e. The third-order valence-electron chi connectivity index (χ3n) is 8.56. The molecule has 1 N–H and O–H groups in total. The van der Waals surface area contributed by atoms with E-state index in [0.717, 1.165) is 42.0 Å². The first-order chi connectivity index (χ1) is 23.2. The molecule has 1 saturated carbocycles. The molecule has 0 saturated heterocycles. The van der Waals surface area contributed by atoms with Crippen molar-refractivity contribution in [3.05, 3.63) is 125 Å². The van der Waals surface area contributed by atoms with Gasteiger partial charge in [-0.05, 0) is 73.0 Å². The Hall–Kier alpha value is -4.41. The normalized spacial score (nSPS) is 14.1. The Morgan fingerprint density at radius 1 is 0.896 bits per heavy atom. The molecule has 1 fully saturated rings. The number of anilines is 1. The quantitative estimate of drug-likeness (QED) is 0.167. The maximum absolute atomic E-state index is 15.1. The summed E-state index contributed by atoms with van der Waals surface area (Å²) in [6.45, 7) is -0.912. The SMILES string of the molecule is COc1ccc(S(=O)(=O)N(CC(=O)N(Cc2ccccc2F)C(Cc2ccccc2)C(=O)NC2CCCCC2)c2ccc(Cl)cc2)cc1. The molecule has 0 bridgehead atoms. The Bertz CT molecular complexity index is 1780. The van der Waals surface area contributed by atoms with Crippen molar-refractivity contribution in [2.75, 3.05) is 18.0 Å². The van der Waals surface area contributed by atoms with Gasteiger partial charge in [-0.25, -0.2) is 12.8 Å². The van der Waals surface area contributed by atoms with Gasteiger partial charge in [0.05, 0.1) is 17.7 Å². The van der Waals surface area contributed by atoms with Crippen LogP contribution in [0.5, 0.6) is 5.75 Å². The van der Waals surface area contributed by atoms with Gasteiger partial charge in [0.25, 0.3) is 10.0 Å². The average Bonchev–Trinajstić information content (AvgIpc) is 3.10. The van der Waals surface area contributed by atoms with Crippen LogP contribution in [0.2, 0.25) is 5.02 Å². The van der Waals surface area contributed by atoms with Gasteiger partial charge in [0.15, 0.2) is 0 Å². The van der Waals surface area contributed by atoms with Crippen LogP contribution >= 0.6 is 11.6 Å². The zero-order chi connectivity index (χ0) is 34.1. The fourth-order valence-electron chi connectivity index (χ4n) is 5.92. The minimum Gasteiger partial charge on any atom is -0.497 e. The van der Waals surface area contributed by atoms with Gasteiger partial charge in [-0.1, -0.05) is 79.4 Å². The van der Waals surface area contributed by atoms with Gasteiger partial charge in [0.1, 0.15) is 24.2 Å². The molecule has 5 rings (SSSR count). The molecule has 1 atom stereocenters. The molecule has 0 heterocycles. The predicted octanol–water partition coefficient (Wildman–Crippen LogP) is 6.77.